The number of para-hydroxylation sites is 1. The fourth-order valence-corrected chi connectivity index (χ4v) is 6.94. The van der Waals surface area contributed by atoms with Gasteiger partial charge in [-0.05, 0) is 46.6 Å². The van der Waals surface area contributed by atoms with Crippen molar-refractivity contribution < 1.29 is 0 Å². The van der Waals surface area contributed by atoms with Gasteiger partial charge in [0.1, 0.15) is 0 Å². The first-order valence-corrected chi connectivity index (χ1v) is 9.54. The number of benzene rings is 1. The Balaban J connectivity index is 1.93. The van der Waals surface area contributed by atoms with Gasteiger partial charge >= 0.3 is 0 Å². The second kappa shape index (κ2) is 6.18. The molecule has 1 nitrogen and oxygen atoms in total. The SMILES string of the molecule is C=C(C)C(C)SSSc1nc2ccccc2s1. The molecule has 90 valence electrons. The largest absolute Gasteiger partial charge is 0.229 e. The molecule has 0 bridgehead atoms. The van der Waals surface area contributed by atoms with Gasteiger partial charge in [-0.25, -0.2) is 4.98 Å². The Labute approximate surface area is 117 Å². The molecule has 0 aliphatic carbocycles. The Morgan fingerprint density at radius 1 is 1.41 bits per heavy atom. The highest BCUT2D eigenvalue weighted by molar-refractivity contribution is 9.09. The zero-order chi connectivity index (χ0) is 12.3. The van der Waals surface area contributed by atoms with Crippen LogP contribution in [0.25, 0.3) is 10.2 Å². The van der Waals surface area contributed by atoms with Crippen LogP contribution in [0.5, 0.6) is 0 Å². The number of thiazole rings is 1. The van der Waals surface area contributed by atoms with Crippen LogP contribution in [0.3, 0.4) is 0 Å². The molecule has 0 radical (unpaired) electrons. The van der Waals surface area contributed by atoms with Gasteiger partial charge in [0, 0.05) is 5.25 Å². The van der Waals surface area contributed by atoms with Crippen molar-refractivity contribution in [1.29, 1.82) is 0 Å². The standard InChI is InChI=1S/C12H13NS4/c1-8(2)9(3)15-17-16-12-13-10-6-4-5-7-11(10)14-12/h4-7,9H,1H2,2-3H3. The van der Waals surface area contributed by atoms with E-state index < -0.39 is 0 Å². The first kappa shape index (κ1) is 13.3. The summed E-state index contributed by atoms with van der Waals surface area (Å²) in [4.78, 5) is 4.58. The fourth-order valence-electron chi connectivity index (χ4n) is 1.08. The van der Waals surface area contributed by atoms with Crippen molar-refractivity contribution in [3.8, 4) is 0 Å². The quantitative estimate of drug-likeness (QED) is 0.522. The lowest BCUT2D eigenvalue weighted by atomic mass is 10.3. The second-order valence-corrected chi connectivity index (χ2v) is 9.27. The molecule has 0 fully saturated rings. The summed E-state index contributed by atoms with van der Waals surface area (Å²) in [6.07, 6.45) is 0. The molecule has 5 heteroatoms. The highest BCUT2D eigenvalue weighted by Gasteiger charge is 2.07. The number of fused-ring (bicyclic) bond motifs is 1. The van der Waals surface area contributed by atoms with Crippen LogP contribution in [-0.2, 0) is 0 Å². The topological polar surface area (TPSA) is 12.9 Å². The molecule has 0 amide bonds. The van der Waals surface area contributed by atoms with Crippen molar-refractivity contribution in [2.75, 3.05) is 0 Å². The maximum absolute atomic E-state index is 4.58. The number of hydrogen-bond acceptors (Lipinski definition) is 5. The third-order valence-corrected chi connectivity index (χ3v) is 8.08. The Morgan fingerprint density at radius 3 is 2.88 bits per heavy atom. The van der Waals surface area contributed by atoms with E-state index in [-0.39, 0.29) is 0 Å². The van der Waals surface area contributed by atoms with Crippen molar-refractivity contribution in [1.82, 2.24) is 4.98 Å². The van der Waals surface area contributed by atoms with Crippen molar-refractivity contribution >= 4 is 53.0 Å². The van der Waals surface area contributed by atoms with Crippen LogP contribution in [0.15, 0.2) is 40.8 Å². The molecule has 2 aromatic rings. The maximum Gasteiger partial charge on any atom is 0.162 e. The van der Waals surface area contributed by atoms with Gasteiger partial charge in [-0.15, -0.1) is 11.3 Å². The van der Waals surface area contributed by atoms with Gasteiger partial charge in [-0.2, -0.15) is 0 Å². The molecule has 0 spiro atoms. The van der Waals surface area contributed by atoms with Crippen LogP contribution < -0.4 is 0 Å². The number of nitrogens with zero attached hydrogens (tertiary/aromatic N) is 1. The average Bonchev–Trinajstić information content (AvgIpc) is 2.71. The van der Waals surface area contributed by atoms with Gasteiger partial charge in [0.15, 0.2) is 4.34 Å². The lowest BCUT2D eigenvalue weighted by molar-refractivity contribution is 1.14. The first-order chi connectivity index (χ1) is 8.16. The van der Waals surface area contributed by atoms with E-state index in [1.54, 1.807) is 32.0 Å². The highest BCUT2D eigenvalue weighted by atomic mass is 33.5. The Hall–Kier alpha value is -0.100. The van der Waals surface area contributed by atoms with E-state index in [2.05, 4.69) is 43.6 Å². The van der Waals surface area contributed by atoms with Gasteiger partial charge in [0.05, 0.1) is 10.2 Å². The smallest absolute Gasteiger partial charge is 0.162 e. The van der Waals surface area contributed by atoms with E-state index in [0.29, 0.717) is 5.25 Å². The minimum Gasteiger partial charge on any atom is -0.229 e. The van der Waals surface area contributed by atoms with Crippen LogP contribution in [0.4, 0.5) is 0 Å². The van der Waals surface area contributed by atoms with Gasteiger partial charge < -0.3 is 0 Å². The van der Waals surface area contributed by atoms with Crippen LogP contribution >= 0.6 is 42.8 Å². The van der Waals surface area contributed by atoms with Gasteiger partial charge in [0.2, 0.25) is 0 Å². The summed E-state index contributed by atoms with van der Waals surface area (Å²) in [5.41, 5.74) is 2.31. The van der Waals surface area contributed by atoms with Crippen molar-refractivity contribution in [2.45, 2.75) is 23.4 Å². The monoisotopic (exact) mass is 299 g/mol. The second-order valence-electron chi connectivity index (χ2n) is 3.68. The van der Waals surface area contributed by atoms with Crippen molar-refractivity contribution in [2.24, 2.45) is 0 Å². The van der Waals surface area contributed by atoms with E-state index in [4.69, 9.17) is 0 Å². The van der Waals surface area contributed by atoms with Crippen LogP contribution in [0.2, 0.25) is 0 Å². The summed E-state index contributed by atoms with van der Waals surface area (Å²) in [6.45, 7) is 8.21. The zero-order valence-electron chi connectivity index (χ0n) is 9.67. The summed E-state index contributed by atoms with van der Waals surface area (Å²) >= 11 is 1.75. The average molecular weight is 300 g/mol. The number of aromatic nitrogens is 1. The molecule has 1 aromatic carbocycles. The lowest BCUT2D eigenvalue weighted by Crippen LogP contribution is -1.92. The molecular formula is C12H13NS4. The van der Waals surface area contributed by atoms with Crippen LogP contribution in [0.1, 0.15) is 13.8 Å². The number of rotatable bonds is 5. The third kappa shape index (κ3) is 3.68. The first-order valence-electron chi connectivity index (χ1n) is 5.18. The summed E-state index contributed by atoms with van der Waals surface area (Å²) in [6, 6.07) is 8.26. The van der Waals surface area contributed by atoms with Crippen molar-refractivity contribution in [3.05, 3.63) is 36.4 Å². The molecule has 0 saturated heterocycles. The van der Waals surface area contributed by atoms with E-state index in [1.807, 2.05) is 16.9 Å². The predicted octanol–water partition coefficient (Wildman–Crippen LogP) is 5.65. The zero-order valence-corrected chi connectivity index (χ0v) is 12.9. The maximum atomic E-state index is 4.58. The fraction of sp³-hybridized carbons (Fsp3) is 0.250. The van der Waals surface area contributed by atoms with Crippen LogP contribution in [-0.4, -0.2) is 10.2 Å². The summed E-state index contributed by atoms with van der Waals surface area (Å²) in [5, 5.41) is 0.488. The summed E-state index contributed by atoms with van der Waals surface area (Å²) < 4.78 is 2.38. The molecule has 0 aliphatic heterocycles. The van der Waals surface area contributed by atoms with Gasteiger partial charge in [0.25, 0.3) is 0 Å². The molecule has 0 aliphatic rings. The highest BCUT2D eigenvalue weighted by Crippen LogP contribution is 2.45. The molecule has 1 atom stereocenters. The van der Waals surface area contributed by atoms with Gasteiger partial charge in [-0.1, -0.05) is 35.1 Å². The van der Waals surface area contributed by atoms with E-state index >= 15 is 0 Å². The molecule has 1 heterocycles. The molecule has 1 aromatic heterocycles. The Bertz CT molecular complexity index is 487. The normalized spacial score (nSPS) is 12.8. The van der Waals surface area contributed by atoms with Crippen molar-refractivity contribution in [3.63, 3.8) is 0 Å². The van der Waals surface area contributed by atoms with Gasteiger partial charge in [-0.3, -0.25) is 0 Å². The Morgan fingerprint density at radius 2 is 2.18 bits per heavy atom. The van der Waals surface area contributed by atoms with E-state index in [0.717, 1.165) is 9.86 Å². The lowest BCUT2D eigenvalue weighted by Gasteiger charge is -2.07. The summed E-state index contributed by atoms with van der Waals surface area (Å²) in [5.74, 6) is 0. The molecule has 2 rings (SSSR count). The minimum atomic E-state index is 0.488. The van der Waals surface area contributed by atoms with Crippen LogP contribution in [0, 0.1) is 0 Å². The van der Waals surface area contributed by atoms with E-state index in [9.17, 15) is 0 Å². The molecule has 1 unspecified atom stereocenters. The van der Waals surface area contributed by atoms with E-state index in [1.165, 1.54) is 10.3 Å². The molecule has 0 N–H and O–H groups in total. The summed E-state index contributed by atoms with van der Waals surface area (Å²) in [7, 11) is 5.35. The Kier molecular flexibility index (Phi) is 4.85. The molecule has 0 saturated carbocycles. The molecule has 17 heavy (non-hydrogen) atoms. The minimum absolute atomic E-state index is 0.488. The molecular weight excluding hydrogens is 286 g/mol. The third-order valence-electron chi connectivity index (χ3n) is 2.26. The number of hydrogen-bond donors (Lipinski definition) is 0. The predicted molar refractivity (Wildman–Crippen MR) is 84.9 cm³/mol.